The summed E-state index contributed by atoms with van der Waals surface area (Å²) in [5, 5.41) is 11.4. The minimum Gasteiger partial charge on any atom is -0.496 e. The Morgan fingerprint density at radius 1 is 1.05 bits per heavy atom. The molecule has 2 aromatic carbocycles. The topological polar surface area (TPSA) is 61.6 Å². The summed E-state index contributed by atoms with van der Waals surface area (Å²) >= 11 is 5.76. The van der Waals surface area contributed by atoms with E-state index in [1.165, 1.54) is 19.2 Å². The molecule has 0 heterocycles. The normalized spacial score (nSPS) is 10.0. The van der Waals surface area contributed by atoms with Crippen LogP contribution in [0.25, 0.3) is 0 Å². The Kier molecular flexibility index (Phi) is 3.87. The molecular formula is C13H10ClNO4. The SMILES string of the molecule is COc1cc(Oc2ccc(Cl)cc2)cc([N+](=O)[O-])c1. The fraction of sp³-hybridized carbons (Fsp3) is 0.0769. The van der Waals surface area contributed by atoms with Crippen LogP contribution in [-0.2, 0) is 0 Å². The number of methoxy groups -OCH3 is 1. The van der Waals surface area contributed by atoms with Crippen LogP contribution in [0.5, 0.6) is 17.2 Å². The van der Waals surface area contributed by atoms with Gasteiger partial charge >= 0.3 is 0 Å². The van der Waals surface area contributed by atoms with Gasteiger partial charge in [-0.1, -0.05) is 11.6 Å². The average molecular weight is 280 g/mol. The second-order valence-electron chi connectivity index (χ2n) is 3.68. The van der Waals surface area contributed by atoms with Gasteiger partial charge in [0.05, 0.1) is 24.2 Å². The quantitative estimate of drug-likeness (QED) is 0.626. The lowest BCUT2D eigenvalue weighted by Gasteiger charge is -2.07. The summed E-state index contributed by atoms with van der Waals surface area (Å²) in [7, 11) is 1.44. The second-order valence-corrected chi connectivity index (χ2v) is 4.12. The Morgan fingerprint density at radius 3 is 2.26 bits per heavy atom. The highest BCUT2D eigenvalue weighted by Crippen LogP contribution is 2.31. The van der Waals surface area contributed by atoms with Gasteiger partial charge in [-0.25, -0.2) is 0 Å². The summed E-state index contributed by atoms with van der Waals surface area (Å²) in [6, 6.07) is 10.9. The van der Waals surface area contributed by atoms with Crippen molar-refractivity contribution in [1.29, 1.82) is 0 Å². The highest BCUT2D eigenvalue weighted by molar-refractivity contribution is 6.30. The van der Waals surface area contributed by atoms with Gasteiger partial charge < -0.3 is 9.47 Å². The predicted molar refractivity (Wildman–Crippen MR) is 71.2 cm³/mol. The van der Waals surface area contributed by atoms with Crippen molar-refractivity contribution in [3.63, 3.8) is 0 Å². The van der Waals surface area contributed by atoms with E-state index < -0.39 is 4.92 Å². The van der Waals surface area contributed by atoms with Crippen LogP contribution < -0.4 is 9.47 Å². The van der Waals surface area contributed by atoms with E-state index in [1.54, 1.807) is 30.3 Å². The first kappa shape index (κ1) is 13.2. The van der Waals surface area contributed by atoms with Crippen molar-refractivity contribution >= 4 is 17.3 Å². The second kappa shape index (κ2) is 5.58. The Morgan fingerprint density at radius 2 is 1.68 bits per heavy atom. The maximum atomic E-state index is 10.8. The predicted octanol–water partition coefficient (Wildman–Crippen LogP) is 4.05. The first-order valence-corrected chi connectivity index (χ1v) is 5.73. The van der Waals surface area contributed by atoms with Crippen molar-refractivity contribution in [2.24, 2.45) is 0 Å². The van der Waals surface area contributed by atoms with E-state index in [1.807, 2.05) is 0 Å². The number of nitrogens with zero attached hydrogens (tertiary/aromatic N) is 1. The van der Waals surface area contributed by atoms with Gasteiger partial charge in [0.15, 0.2) is 0 Å². The number of benzene rings is 2. The molecule has 2 aromatic rings. The third-order valence-corrected chi connectivity index (χ3v) is 2.61. The minimum atomic E-state index is -0.503. The zero-order valence-electron chi connectivity index (χ0n) is 10.00. The van der Waals surface area contributed by atoms with Crippen LogP contribution in [-0.4, -0.2) is 12.0 Å². The summed E-state index contributed by atoms with van der Waals surface area (Å²) in [5.74, 6) is 1.22. The van der Waals surface area contributed by atoms with Crippen LogP contribution in [0.4, 0.5) is 5.69 Å². The maximum absolute atomic E-state index is 10.8. The summed E-state index contributed by atoms with van der Waals surface area (Å²) < 4.78 is 10.5. The van der Waals surface area contributed by atoms with Gasteiger partial charge in [0, 0.05) is 11.1 Å². The van der Waals surface area contributed by atoms with Crippen LogP contribution in [0, 0.1) is 10.1 Å². The summed E-state index contributed by atoms with van der Waals surface area (Å²) in [5.41, 5.74) is -0.0942. The number of hydrogen-bond acceptors (Lipinski definition) is 4. The van der Waals surface area contributed by atoms with Crippen LogP contribution in [0.15, 0.2) is 42.5 Å². The molecule has 98 valence electrons. The molecule has 0 radical (unpaired) electrons. The fourth-order valence-corrected chi connectivity index (χ4v) is 1.60. The van der Waals surface area contributed by atoms with E-state index in [2.05, 4.69) is 0 Å². The van der Waals surface area contributed by atoms with Gasteiger partial charge in [-0.05, 0) is 24.3 Å². The first-order chi connectivity index (χ1) is 9.08. The number of ether oxygens (including phenoxy) is 2. The molecule has 19 heavy (non-hydrogen) atoms. The zero-order valence-corrected chi connectivity index (χ0v) is 10.8. The lowest BCUT2D eigenvalue weighted by molar-refractivity contribution is -0.385. The number of nitro benzene ring substituents is 1. The Balaban J connectivity index is 2.31. The Hall–Kier alpha value is -2.27. The number of nitro groups is 1. The smallest absolute Gasteiger partial charge is 0.276 e. The van der Waals surface area contributed by atoms with E-state index in [9.17, 15) is 10.1 Å². The van der Waals surface area contributed by atoms with E-state index in [4.69, 9.17) is 21.1 Å². The van der Waals surface area contributed by atoms with Gasteiger partial charge in [0.2, 0.25) is 0 Å². The molecule has 5 nitrogen and oxygen atoms in total. The molecule has 0 N–H and O–H groups in total. The van der Waals surface area contributed by atoms with Gasteiger partial charge in [-0.2, -0.15) is 0 Å². The molecule has 0 fully saturated rings. The molecule has 0 amide bonds. The molecule has 0 bridgehead atoms. The van der Waals surface area contributed by atoms with E-state index >= 15 is 0 Å². The van der Waals surface area contributed by atoms with Gasteiger partial charge in [0.25, 0.3) is 5.69 Å². The first-order valence-electron chi connectivity index (χ1n) is 5.35. The fourth-order valence-electron chi connectivity index (χ4n) is 1.48. The minimum absolute atomic E-state index is 0.0942. The number of non-ortho nitro benzene ring substituents is 1. The lowest BCUT2D eigenvalue weighted by Crippen LogP contribution is -1.92. The molecule has 6 heteroatoms. The maximum Gasteiger partial charge on any atom is 0.276 e. The molecule has 2 rings (SSSR count). The number of halogens is 1. The monoisotopic (exact) mass is 279 g/mol. The molecule has 0 atom stereocenters. The van der Waals surface area contributed by atoms with Crippen molar-refractivity contribution in [2.75, 3.05) is 7.11 Å². The summed E-state index contributed by atoms with van der Waals surface area (Å²) in [6.45, 7) is 0. The van der Waals surface area contributed by atoms with Gasteiger partial charge in [0.1, 0.15) is 17.2 Å². The molecular weight excluding hydrogens is 270 g/mol. The van der Waals surface area contributed by atoms with E-state index in [0.29, 0.717) is 22.3 Å². The molecule has 0 aliphatic rings. The van der Waals surface area contributed by atoms with Crippen LogP contribution in [0.2, 0.25) is 5.02 Å². The molecule has 0 aliphatic heterocycles. The van der Waals surface area contributed by atoms with Crippen LogP contribution in [0.3, 0.4) is 0 Å². The summed E-state index contributed by atoms with van der Waals surface area (Å²) in [6.07, 6.45) is 0. The van der Waals surface area contributed by atoms with E-state index in [0.717, 1.165) is 0 Å². The molecule has 0 aliphatic carbocycles. The Bertz CT molecular complexity index is 598. The number of rotatable bonds is 4. The zero-order chi connectivity index (χ0) is 13.8. The Labute approximate surface area is 114 Å². The van der Waals surface area contributed by atoms with Crippen molar-refractivity contribution in [3.05, 3.63) is 57.6 Å². The molecule has 0 saturated heterocycles. The van der Waals surface area contributed by atoms with Crippen molar-refractivity contribution in [3.8, 4) is 17.2 Å². The summed E-state index contributed by atoms with van der Waals surface area (Å²) in [4.78, 5) is 10.3. The van der Waals surface area contributed by atoms with E-state index in [-0.39, 0.29) is 5.69 Å². The number of hydrogen-bond donors (Lipinski definition) is 0. The third kappa shape index (κ3) is 3.35. The van der Waals surface area contributed by atoms with Crippen LogP contribution >= 0.6 is 11.6 Å². The molecule has 0 unspecified atom stereocenters. The van der Waals surface area contributed by atoms with Crippen molar-refractivity contribution in [1.82, 2.24) is 0 Å². The highest BCUT2D eigenvalue weighted by atomic mass is 35.5. The van der Waals surface area contributed by atoms with Gasteiger partial charge in [-0.3, -0.25) is 10.1 Å². The largest absolute Gasteiger partial charge is 0.496 e. The third-order valence-electron chi connectivity index (χ3n) is 2.36. The lowest BCUT2D eigenvalue weighted by atomic mass is 10.3. The van der Waals surface area contributed by atoms with Crippen LogP contribution in [0.1, 0.15) is 0 Å². The average Bonchev–Trinajstić information content (AvgIpc) is 2.41. The standard InChI is InChI=1S/C13H10ClNO4/c1-18-12-6-10(15(16)17)7-13(8-12)19-11-4-2-9(14)3-5-11/h2-8H,1H3. The highest BCUT2D eigenvalue weighted by Gasteiger charge is 2.11. The molecule has 0 saturated carbocycles. The molecule has 0 spiro atoms. The van der Waals surface area contributed by atoms with Crippen molar-refractivity contribution in [2.45, 2.75) is 0 Å². The van der Waals surface area contributed by atoms with Crippen molar-refractivity contribution < 1.29 is 14.4 Å². The van der Waals surface area contributed by atoms with Gasteiger partial charge in [-0.15, -0.1) is 0 Å². The molecule has 0 aromatic heterocycles.